The van der Waals surface area contributed by atoms with Crippen LogP contribution >= 0.6 is 0 Å². The van der Waals surface area contributed by atoms with Gasteiger partial charge in [0.25, 0.3) is 5.91 Å². The Labute approximate surface area is 219 Å². The Balaban J connectivity index is 1.55. The van der Waals surface area contributed by atoms with Gasteiger partial charge in [0.2, 0.25) is 0 Å². The molecule has 40 heavy (non-hydrogen) atoms. The number of aromatic amines is 1. The van der Waals surface area contributed by atoms with Crippen LogP contribution in [0.1, 0.15) is 49.4 Å². The maximum absolute atomic E-state index is 15.3. The number of rotatable bonds is 8. The van der Waals surface area contributed by atoms with E-state index in [0.29, 0.717) is 10.7 Å². The zero-order valence-electron chi connectivity index (χ0n) is 20.3. The number of carbonyl (C=O) groups excluding carboxylic acids is 1. The number of benzene rings is 1. The Bertz CT molecular complexity index is 1520. The number of hydrogen-bond acceptors (Lipinski definition) is 6. The third-order valence-electron chi connectivity index (χ3n) is 6.55. The van der Waals surface area contributed by atoms with Crippen LogP contribution in [0, 0.1) is 5.82 Å². The molecule has 0 bridgehead atoms. The summed E-state index contributed by atoms with van der Waals surface area (Å²) in [5.41, 5.74) is -6.22. The van der Waals surface area contributed by atoms with Crippen molar-refractivity contribution in [2.75, 3.05) is 6.61 Å². The van der Waals surface area contributed by atoms with Crippen LogP contribution in [-0.4, -0.2) is 54.9 Å². The maximum atomic E-state index is 15.3. The summed E-state index contributed by atoms with van der Waals surface area (Å²) >= 11 is 0. The Morgan fingerprint density at radius 1 is 1.10 bits per heavy atom. The molecule has 1 aliphatic heterocycles. The average molecular weight is 575 g/mol. The van der Waals surface area contributed by atoms with Gasteiger partial charge in [-0.2, -0.15) is 36.1 Å². The first-order chi connectivity index (χ1) is 18.8. The van der Waals surface area contributed by atoms with E-state index in [4.69, 9.17) is 4.74 Å². The van der Waals surface area contributed by atoms with E-state index in [1.54, 1.807) is 0 Å². The fraction of sp³-hybridized carbons (Fsp3) is 0.435. The smallest absolute Gasteiger partial charge is 0.416 e. The molecule has 2 aromatic heterocycles. The molecule has 0 spiro atoms. The number of halogens is 7. The van der Waals surface area contributed by atoms with E-state index < -0.39 is 72.4 Å². The Hall–Kier alpha value is -4.18. The quantitative estimate of drug-likeness (QED) is 0.312. The van der Waals surface area contributed by atoms with Gasteiger partial charge in [-0.25, -0.2) is 14.3 Å². The van der Waals surface area contributed by atoms with Gasteiger partial charge in [0.15, 0.2) is 5.54 Å². The molecule has 1 saturated carbocycles. The van der Waals surface area contributed by atoms with E-state index in [0.717, 1.165) is 25.0 Å². The molecule has 2 N–H and O–H groups in total. The standard InChI is InChI=1S/C23H20F7N7O3/c24-16-10-13(40-9-1-7-22(25,26)27)4-5-15(16)21(23(28,29)30)11-14(17-6-8-36(33-17)12-2-3-12)18(19(38)31-21)37-20(39)32-34-35-37/h4-6,8,10,12H,1-3,7,9,11H2,(H,31,38)(H,32,35,39). The zero-order valence-corrected chi connectivity index (χ0v) is 20.3. The highest BCUT2D eigenvalue weighted by Gasteiger charge is 2.61. The molecule has 214 valence electrons. The van der Waals surface area contributed by atoms with Gasteiger partial charge in [-0.15, -0.1) is 0 Å². The second kappa shape index (κ2) is 9.78. The Morgan fingerprint density at radius 2 is 1.85 bits per heavy atom. The van der Waals surface area contributed by atoms with E-state index >= 15 is 4.39 Å². The lowest BCUT2D eigenvalue weighted by Crippen LogP contribution is -2.59. The number of alkyl halides is 6. The molecular weight excluding hydrogens is 555 g/mol. The van der Waals surface area contributed by atoms with Gasteiger partial charge in [0, 0.05) is 36.2 Å². The summed E-state index contributed by atoms with van der Waals surface area (Å²) in [5.74, 6) is -3.10. The Morgan fingerprint density at radius 3 is 2.45 bits per heavy atom. The summed E-state index contributed by atoms with van der Waals surface area (Å²) in [6, 6.07) is 3.74. The number of carbonyl (C=O) groups is 1. The van der Waals surface area contributed by atoms with Gasteiger partial charge >= 0.3 is 18.0 Å². The number of aromatic nitrogens is 6. The van der Waals surface area contributed by atoms with E-state index in [1.807, 2.05) is 10.4 Å². The normalized spacial score (nSPS) is 20.1. The van der Waals surface area contributed by atoms with Crippen molar-refractivity contribution in [1.29, 1.82) is 0 Å². The molecule has 10 nitrogen and oxygen atoms in total. The highest BCUT2D eigenvalue weighted by molar-refractivity contribution is 6.22. The number of hydrogen-bond donors (Lipinski definition) is 2. The van der Waals surface area contributed by atoms with Gasteiger partial charge in [-0.3, -0.25) is 9.48 Å². The highest BCUT2D eigenvalue weighted by atomic mass is 19.4. The van der Waals surface area contributed by atoms with Crippen LogP contribution in [0.15, 0.2) is 35.3 Å². The summed E-state index contributed by atoms with van der Waals surface area (Å²) in [4.78, 5) is 25.5. The minimum atomic E-state index is -5.26. The van der Waals surface area contributed by atoms with Crippen molar-refractivity contribution in [3.63, 3.8) is 0 Å². The first kappa shape index (κ1) is 27.4. The summed E-state index contributed by atoms with van der Waals surface area (Å²) in [5, 5.41) is 14.9. The van der Waals surface area contributed by atoms with Gasteiger partial charge in [0.05, 0.1) is 18.3 Å². The van der Waals surface area contributed by atoms with Crippen LogP contribution in [0.3, 0.4) is 0 Å². The maximum Gasteiger partial charge on any atom is 0.416 e. The van der Waals surface area contributed by atoms with Crippen molar-refractivity contribution in [3.05, 3.63) is 58.0 Å². The first-order valence-corrected chi connectivity index (χ1v) is 12.0. The number of H-pyrrole nitrogens is 1. The van der Waals surface area contributed by atoms with Crippen LogP contribution in [-0.2, 0) is 10.3 Å². The molecule has 0 saturated heterocycles. The average Bonchev–Trinajstić information content (AvgIpc) is 3.44. The molecule has 1 atom stereocenters. The monoisotopic (exact) mass is 575 g/mol. The van der Waals surface area contributed by atoms with Crippen molar-refractivity contribution >= 4 is 17.2 Å². The number of tetrazole rings is 1. The molecule has 1 unspecified atom stereocenters. The topological polar surface area (TPSA) is 120 Å². The predicted octanol–water partition coefficient (Wildman–Crippen LogP) is 3.70. The number of ether oxygens (including phenoxy) is 1. The molecule has 0 radical (unpaired) electrons. The van der Waals surface area contributed by atoms with Gasteiger partial charge in [-0.1, -0.05) is 0 Å². The van der Waals surface area contributed by atoms with E-state index in [-0.39, 0.29) is 23.1 Å². The second-order valence-electron chi connectivity index (χ2n) is 9.40. The summed E-state index contributed by atoms with van der Waals surface area (Å²) in [6.07, 6.45) is -9.22. The Kier molecular flexibility index (Phi) is 6.70. The van der Waals surface area contributed by atoms with Crippen LogP contribution in [0.4, 0.5) is 30.7 Å². The lowest BCUT2D eigenvalue weighted by Gasteiger charge is -2.41. The molecule has 3 aromatic rings. The molecule has 1 amide bonds. The van der Waals surface area contributed by atoms with Crippen molar-refractivity contribution in [1.82, 2.24) is 35.3 Å². The third kappa shape index (κ3) is 5.19. The molecular formula is C23H20F7N7O3. The van der Waals surface area contributed by atoms with Gasteiger partial charge < -0.3 is 10.1 Å². The molecule has 5 rings (SSSR count). The molecule has 3 heterocycles. The van der Waals surface area contributed by atoms with Crippen molar-refractivity contribution in [3.8, 4) is 5.75 Å². The van der Waals surface area contributed by atoms with Crippen LogP contribution in [0.25, 0.3) is 11.3 Å². The number of amides is 1. The lowest BCUT2D eigenvalue weighted by atomic mass is 9.78. The molecule has 1 fully saturated rings. The molecule has 1 aromatic carbocycles. The van der Waals surface area contributed by atoms with Gasteiger partial charge in [0.1, 0.15) is 17.3 Å². The minimum absolute atomic E-state index is 0.0403. The van der Waals surface area contributed by atoms with Crippen molar-refractivity contribution < 1.29 is 40.3 Å². The fourth-order valence-corrected chi connectivity index (χ4v) is 4.49. The largest absolute Gasteiger partial charge is 0.493 e. The lowest BCUT2D eigenvalue weighted by molar-refractivity contribution is -0.202. The predicted molar refractivity (Wildman–Crippen MR) is 122 cm³/mol. The number of nitrogens with one attached hydrogen (secondary N) is 2. The van der Waals surface area contributed by atoms with Crippen LogP contribution in [0.5, 0.6) is 5.75 Å². The molecule has 2 aliphatic rings. The number of nitrogens with zero attached hydrogens (tertiary/aromatic N) is 5. The SMILES string of the molecule is O=C1NC(c2ccc(OCCCC(F)(F)F)cc2F)(C(F)(F)F)CC(c2ccn(C3CC3)n2)=C1n1nn[nH]c1=O. The van der Waals surface area contributed by atoms with Crippen molar-refractivity contribution in [2.45, 2.75) is 56.0 Å². The fourth-order valence-electron chi connectivity index (χ4n) is 4.49. The second-order valence-corrected chi connectivity index (χ2v) is 9.40. The zero-order chi connectivity index (χ0) is 28.9. The molecule has 17 heteroatoms. The van der Waals surface area contributed by atoms with E-state index in [9.17, 15) is 35.9 Å². The van der Waals surface area contributed by atoms with E-state index in [1.165, 1.54) is 16.9 Å². The summed E-state index contributed by atoms with van der Waals surface area (Å²) in [7, 11) is 0. The van der Waals surface area contributed by atoms with Crippen LogP contribution in [0.2, 0.25) is 0 Å². The highest BCUT2D eigenvalue weighted by Crippen LogP contribution is 2.50. The van der Waals surface area contributed by atoms with Crippen molar-refractivity contribution in [2.24, 2.45) is 0 Å². The molecule has 1 aliphatic carbocycles. The van der Waals surface area contributed by atoms with Crippen LogP contribution < -0.4 is 15.7 Å². The third-order valence-corrected chi connectivity index (χ3v) is 6.55. The van der Waals surface area contributed by atoms with Gasteiger partial charge in [-0.05, 0) is 47.9 Å². The summed E-state index contributed by atoms with van der Waals surface area (Å²) in [6.45, 7) is -0.453. The first-order valence-electron chi connectivity index (χ1n) is 12.0. The minimum Gasteiger partial charge on any atom is -0.493 e. The van der Waals surface area contributed by atoms with E-state index in [2.05, 4.69) is 15.5 Å². The summed E-state index contributed by atoms with van der Waals surface area (Å²) < 4.78 is 104.